The predicted octanol–water partition coefficient (Wildman–Crippen LogP) is 5.78. The second-order valence-electron chi connectivity index (χ2n) is 13.5. The van der Waals surface area contributed by atoms with Crippen LogP contribution in [0.3, 0.4) is 0 Å². The predicted molar refractivity (Wildman–Crippen MR) is 168 cm³/mol. The van der Waals surface area contributed by atoms with Gasteiger partial charge in [-0.15, -0.1) is 0 Å². The standard InChI is InChI=1S/C34H41ClN2O5S/c35-26-12-14-28-23(17-26)7-4-16-34(28)20-37-19-25-10-13-27(25)30(38)8-3-6-22-5-1-2-9-32(22)43(40,41)36-33(39)24-11-15-31(42-21-34)29(37)18-24/h3,8,11-12,14-15,17-18,22,25,27,30,32,38H,1-2,4-7,9-10,13,16,19-21H2,(H,36,39)/b8-3+/t22-,25+,27-,30+,32+,34+/m1/s1. The van der Waals surface area contributed by atoms with Gasteiger partial charge in [0.25, 0.3) is 5.91 Å². The summed E-state index contributed by atoms with van der Waals surface area (Å²) in [6, 6.07) is 11.5. The minimum atomic E-state index is -3.88. The highest BCUT2D eigenvalue weighted by Crippen LogP contribution is 2.47. The second-order valence-corrected chi connectivity index (χ2v) is 15.8. The number of rotatable bonds is 0. The van der Waals surface area contributed by atoms with Gasteiger partial charge in [0.2, 0.25) is 10.0 Å². The highest BCUT2D eigenvalue weighted by molar-refractivity contribution is 7.90. The van der Waals surface area contributed by atoms with E-state index in [9.17, 15) is 18.3 Å². The molecule has 2 aliphatic heterocycles. The van der Waals surface area contributed by atoms with Crippen LogP contribution in [0, 0.1) is 17.8 Å². The Hall–Kier alpha value is -2.55. The Bertz CT molecular complexity index is 1540. The summed E-state index contributed by atoms with van der Waals surface area (Å²) in [5.41, 5.74) is 3.39. The van der Waals surface area contributed by atoms with E-state index in [1.807, 2.05) is 24.3 Å². The molecule has 1 spiro atoms. The first-order valence-electron chi connectivity index (χ1n) is 15.9. The summed E-state index contributed by atoms with van der Waals surface area (Å²) in [6.07, 6.45) is 12.0. The zero-order valence-electron chi connectivity index (χ0n) is 24.5. The Morgan fingerprint density at radius 1 is 1.02 bits per heavy atom. The summed E-state index contributed by atoms with van der Waals surface area (Å²) in [5, 5.41) is 11.4. The maximum Gasteiger partial charge on any atom is 0.264 e. The third-order valence-corrected chi connectivity index (χ3v) is 13.0. The fraction of sp³-hybridized carbons (Fsp3) is 0.559. The molecule has 2 saturated carbocycles. The van der Waals surface area contributed by atoms with E-state index < -0.39 is 27.3 Å². The SMILES string of the molecule is O=C1NS(=O)(=O)[C@H]2CCCC[C@@H]2C/C=C/[C@H](O)[C@@H]2CC[C@H]2CN2C[C@@]3(CCCc4cc(Cl)ccc43)COc3ccc1cc32. The first-order chi connectivity index (χ1) is 20.7. The number of nitrogens with one attached hydrogen (secondary N) is 1. The summed E-state index contributed by atoms with van der Waals surface area (Å²) >= 11 is 6.40. The molecule has 7 nitrogen and oxygen atoms in total. The highest BCUT2D eigenvalue weighted by Gasteiger charge is 2.44. The number of amides is 1. The summed E-state index contributed by atoms with van der Waals surface area (Å²) < 4.78 is 36.1. The van der Waals surface area contributed by atoms with Crippen molar-refractivity contribution < 1.29 is 23.1 Å². The van der Waals surface area contributed by atoms with Crippen LogP contribution in [0.1, 0.15) is 79.3 Å². The first kappa shape index (κ1) is 29.2. The van der Waals surface area contributed by atoms with Gasteiger partial charge in [-0.25, -0.2) is 13.1 Å². The van der Waals surface area contributed by atoms with E-state index in [4.69, 9.17) is 16.3 Å². The lowest BCUT2D eigenvalue weighted by atomic mass is 9.68. The lowest BCUT2D eigenvalue weighted by Crippen LogP contribution is -2.49. The van der Waals surface area contributed by atoms with Crippen molar-refractivity contribution in [1.29, 1.82) is 0 Å². The van der Waals surface area contributed by atoms with Gasteiger partial charge >= 0.3 is 0 Å². The Balaban J connectivity index is 1.29. The van der Waals surface area contributed by atoms with Crippen LogP contribution in [0.4, 0.5) is 5.69 Å². The van der Waals surface area contributed by atoms with Crippen LogP contribution in [0.2, 0.25) is 5.02 Å². The maximum atomic E-state index is 13.5. The van der Waals surface area contributed by atoms with Gasteiger partial charge in [-0.3, -0.25) is 4.79 Å². The van der Waals surface area contributed by atoms with Crippen molar-refractivity contribution in [3.8, 4) is 5.75 Å². The zero-order chi connectivity index (χ0) is 29.8. The first-order valence-corrected chi connectivity index (χ1v) is 17.9. The van der Waals surface area contributed by atoms with Gasteiger partial charge in [0.1, 0.15) is 5.75 Å². The molecule has 230 valence electrons. The number of carbonyl (C=O) groups is 1. The van der Waals surface area contributed by atoms with E-state index in [2.05, 4.69) is 21.8 Å². The smallest absolute Gasteiger partial charge is 0.264 e. The number of nitrogens with zero attached hydrogens (tertiary/aromatic N) is 1. The van der Waals surface area contributed by atoms with Gasteiger partial charge in [-0.1, -0.05) is 42.7 Å². The summed E-state index contributed by atoms with van der Waals surface area (Å²) in [7, 11) is -3.88. The highest BCUT2D eigenvalue weighted by atomic mass is 35.5. The number of benzene rings is 2. The molecule has 2 bridgehead atoms. The van der Waals surface area contributed by atoms with Crippen molar-refractivity contribution >= 4 is 33.2 Å². The third kappa shape index (κ3) is 5.48. The minimum absolute atomic E-state index is 0.0760. The molecule has 0 saturated heterocycles. The number of hydrogen-bond donors (Lipinski definition) is 2. The number of ether oxygens (including phenoxy) is 1. The molecule has 2 fully saturated rings. The van der Waals surface area contributed by atoms with Crippen LogP contribution < -0.4 is 14.4 Å². The normalized spacial score (nSPS) is 34.3. The van der Waals surface area contributed by atoms with Crippen molar-refractivity contribution in [2.75, 3.05) is 24.6 Å². The number of fused-ring (bicyclic) bond motifs is 5. The Kier molecular flexibility index (Phi) is 7.75. The van der Waals surface area contributed by atoms with Gasteiger partial charge in [0, 0.05) is 29.1 Å². The van der Waals surface area contributed by atoms with E-state index in [0.29, 0.717) is 43.2 Å². The van der Waals surface area contributed by atoms with Gasteiger partial charge < -0.3 is 14.7 Å². The molecular weight excluding hydrogens is 584 g/mol. The molecule has 2 N–H and O–H groups in total. The van der Waals surface area contributed by atoms with Crippen molar-refractivity contribution in [3.05, 3.63) is 70.3 Å². The van der Waals surface area contributed by atoms with Crippen LogP contribution in [0.15, 0.2) is 48.6 Å². The quantitative estimate of drug-likeness (QED) is 0.361. The Morgan fingerprint density at radius 2 is 1.88 bits per heavy atom. The second kappa shape index (κ2) is 11.4. The topological polar surface area (TPSA) is 95.9 Å². The zero-order valence-corrected chi connectivity index (χ0v) is 26.1. The molecule has 0 radical (unpaired) electrons. The lowest BCUT2D eigenvalue weighted by Gasteiger charge is -2.45. The van der Waals surface area contributed by atoms with Crippen LogP contribution in [-0.4, -0.2) is 50.5 Å². The maximum absolute atomic E-state index is 13.5. The molecule has 0 aromatic heterocycles. The van der Waals surface area contributed by atoms with Crippen LogP contribution in [0.25, 0.3) is 0 Å². The Morgan fingerprint density at radius 3 is 2.72 bits per heavy atom. The molecule has 2 aromatic carbocycles. The van der Waals surface area contributed by atoms with E-state index in [1.165, 1.54) is 11.1 Å². The average Bonchev–Trinajstić information content (AvgIpc) is 3.11. The van der Waals surface area contributed by atoms with Gasteiger partial charge in [0.15, 0.2) is 0 Å². The van der Waals surface area contributed by atoms with Crippen molar-refractivity contribution in [2.45, 2.75) is 81.0 Å². The van der Waals surface area contributed by atoms with Crippen LogP contribution in [-0.2, 0) is 21.9 Å². The molecule has 3 aliphatic carbocycles. The molecule has 43 heavy (non-hydrogen) atoms. The largest absolute Gasteiger partial charge is 0.490 e. The third-order valence-electron chi connectivity index (χ3n) is 10.9. The number of aryl methyl sites for hydroxylation is 1. The van der Waals surface area contributed by atoms with Gasteiger partial charge in [0.05, 0.1) is 23.6 Å². The molecular formula is C34H41ClN2O5S. The van der Waals surface area contributed by atoms with E-state index in [-0.39, 0.29) is 17.3 Å². The molecule has 1 amide bonds. The molecule has 6 atom stereocenters. The van der Waals surface area contributed by atoms with E-state index in [0.717, 1.165) is 68.6 Å². The number of sulfonamides is 1. The van der Waals surface area contributed by atoms with Crippen molar-refractivity contribution in [1.82, 2.24) is 4.72 Å². The number of halogens is 1. The van der Waals surface area contributed by atoms with E-state index in [1.54, 1.807) is 12.1 Å². The van der Waals surface area contributed by atoms with E-state index >= 15 is 0 Å². The number of aliphatic hydroxyl groups is 1. The fourth-order valence-corrected chi connectivity index (χ4v) is 10.4. The summed E-state index contributed by atoms with van der Waals surface area (Å²) in [5.74, 6) is 0.463. The van der Waals surface area contributed by atoms with Gasteiger partial charge in [-0.05, 0) is 111 Å². The van der Waals surface area contributed by atoms with Crippen LogP contribution in [0.5, 0.6) is 5.75 Å². The summed E-state index contributed by atoms with van der Waals surface area (Å²) in [6.45, 7) is 1.94. The number of aliphatic hydroxyl groups excluding tert-OH is 1. The molecule has 2 heterocycles. The average molecular weight is 625 g/mol. The molecule has 0 unspecified atom stereocenters. The molecule has 9 heteroatoms. The molecule has 2 aromatic rings. The van der Waals surface area contributed by atoms with Gasteiger partial charge in [-0.2, -0.15) is 0 Å². The van der Waals surface area contributed by atoms with Crippen molar-refractivity contribution in [3.63, 3.8) is 0 Å². The Labute approximate surface area is 259 Å². The fourth-order valence-electron chi connectivity index (χ4n) is 8.46. The number of anilines is 1. The number of carbonyl (C=O) groups excluding carboxylic acids is 1. The van der Waals surface area contributed by atoms with Crippen molar-refractivity contribution in [2.24, 2.45) is 17.8 Å². The lowest BCUT2D eigenvalue weighted by molar-refractivity contribution is 0.0455. The number of allylic oxidation sites excluding steroid dienone is 1. The minimum Gasteiger partial charge on any atom is -0.490 e. The number of hydrogen-bond acceptors (Lipinski definition) is 6. The molecule has 5 aliphatic rings. The molecule has 7 rings (SSSR count). The van der Waals surface area contributed by atoms with Crippen LogP contribution >= 0.6 is 11.6 Å². The summed E-state index contributed by atoms with van der Waals surface area (Å²) in [4.78, 5) is 15.9. The monoisotopic (exact) mass is 624 g/mol.